The number of aromatic nitrogens is 3. The molecule has 0 aliphatic rings. The molecule has 112 valence electrons. The first-order valence-electron chi connectivity index (χ1n) is 6.48. The normalized spacial score (nSPS) is 9.36. The van der Waals surface area contributed by atoms with E-state index in [-0.39, 0.29) is 0 Å². The predicted molar refractivity (Wildman–Crippen MR) is 88.2 cm³/mol. The summed E-state index contributed by atoms with van der Waals surface area (Å²) in [5, 5.41) is 10.1. The van der Waals surface area contributed by atoms with Crippen LogP contribution in [0.25, 0.3) is 16.5 Å². The van der Waals surface area contributed by atoms with Crippen LogP contribution in [0.2, 0.25) is 0 Å². The number of rotatable bonds is 1. The summed E-state index contributed by atoms with van der Waals surface area (Å²) >= 11 is -0.556. The van der Waals surface area contributed by atoms with Crippen LogP contribution in [0, 0.1) is 0 Å². The minimum absolute atomic E-state index is 0.556. The quantitative estimate of drug-likeness (QED) is 0.354. The van der Waals surface area contributed by atoms with Crippen LogP contribution in [-0.2, 0) is 17.0 Å². The average molecular weight is 366 g/mol. The van der Waals surface area contributed by atoms with Gasteiger partial charge >= 0.3 is 35.6 Å². The van der Waals surface area contributed by atoms with E-state index in [0.29, 0.717) is 0 Å². The summed E-state index contributed by atoms with van der Waals surface area (Å²) in [6.45, 7) is 0. The standard InChI is InChI=1S/C11H8N3.C5H5.2ClH.Ti/c1-2-4-10-6-11(5-9(10)3-1)14-7-12-13-8-14;1-2-4-5-3-1;;;/h1-8H;1-5H;2*1H;/q2*-1;;;+2/p-2. The molecular formula is C16H13Cl2N3Ti-2. The van der Waals surface area contributed by atoms with E-state index in [9.17, 15) is 0 Å². The van der Waals surface area contributed by atoms with E-state index in [0.717, 1.165) is 5.69 Å². The molecule has 22 heavy (non-hydrogen) atoms. The zero-order chi connectivity index (χ0) is 15.6. The van der Waals surface area contributed by atoms with Crippen LogP contribution >= 0.6 is 18.6 Å². The Bertz CT molecular complexity index is 699. The van der Waals surface area contributed by atoms with E-state index < -0.39 is 17.0 Å². The molecule has 0 spiro atoms. The largest absolute Gasteiger partial charge is 0.307 e. The van der Waals surface area contributed by atoms with E-state index in [2.05, 4.69) is 34.5 Å². The topological polar surface area (TPSA) is 30.7 Å². The Morgan fingerprint density at radius 2 is 1.59 bits per heavy atom. The Balaban J connectivity index is 0.000000184. The van der Waals surface area contributed by atoms with Crippen molar-refractivity contribution >= 4 is 29.4 Å². The molecule has 1 heterocycles. The van der Waals surface area contributed by atoms with E-state index in [1.165, 1.54) is 10.8 Å². The molecule has 3 nitrogen and oxygen atoms in total. The molecule has 4 rings (SSSR count). The molecular weight excluding hydrogens is 353 g/mol. The predicted octanol–water partition coefficient (Wildman–Crippen LogP) is 4.92. The summed E-state index contributed by atoms with van der Waals surface area (Å²) < 4.78 is 1.90. The van der Waals surface area contributed by atoms with Gasteiger partial charge in [-0.1, -0.05) is 6.07 Å². The number of hydrogen-bond donors (Lipinski definition) is 0. The maximum atomic E-state index is 4.89. The van der Waals surface area contributed by atoms with Crippen LogP contribution in [-0.4, -0.2) is 14.8 Å². The van der Waals surface area contributed by atoms with Crippen molar-refractivity contribution in [1.82, 2.24) is 14.8 Å². The molecule has 0 radical (unpaired) electrons. The van der Waals surface area contributed by atoms with Crippen LogP contribution in [0.15, 0.2) is 79.4 Å². The minimum atomic E-state index is -0.556. The summed E-state index contributed by atoms with van der Waals surface area (Å²) in [5.41, 5.74) is 1.11. The third-order valence-corrected chi connectivity index (χ3v) is 2.88. The SMILES string of the molecule is [Cl][Ti][Cl].c1cc[cH-]c1.c1ccc2[cH-]c(-n3cnnc3)cc2c1. The van der Waals surface area contributed by atoms with Crippen LogP contribution in [0.4, 0.5) is 0 Å². The molecule has 4 aromatic rings. The maximum absolute atomic E-state index is 4.89. The zero-order valence-electron chi connectivity index (χ0n) is 11.6. The van der Waals surface area contributed by atoms with Gasteiger partial charge in [0.15, 0.2) is 0 Å². The van der Waals surface area contributed by atoms with Gasteiger partial charge in [-0.2, -0.15) is 18.2 Å². The monoisotopic (exact) mass is 365 g/mol. The van der Waals surface area contributed by atoms with Crippen molar-refractivity contribution in [2.45, 2.75) is 0 Å². The fourth-order valence-corrected chi connectivity index (χ4v) is 1.94. The Labute approximate surface area is 145 Å². The first-order valence-corrected chi connectivity index (χ1v) is 10.8. The number of benzene rings is 1. The molecule has 0 unspecified atom stereocenters. The zero-order valence-corrected chi connectivity index (χ0v) is 14.7. The van der Waals surface area contributed by atoms with E-state index in [1.54, 1.807) is 12.7 Å². The molecule has 0 atom stereocenters. The van der Waals surface area contributed by atoms with Crippen LogP contribution in [0.3, 0.4) is 0 Å². The fraction of sp³-hybridized carbons (Fsp3) is 0. The summed E-state index contributed by atoms with van der Waals surface area (Å²) in [7, 11) is 9.78. The third kappa shape index (κ3) is 5.11. The van der Waals surface area contributed by atoms with Gasteiger partial charge in [-0.25, -0.2) is 12.1 Å². The van der Waals surface area contributed by atoms with Gasteiger partial charge in [-0.05, 0) is 5.69 Å². The molecule has 0 fully saturated rings. The van der Waals surface area contributed by atoms with Crippen molar-refractivity contribution in [3.63, 3.8) is 0 Å². The van der Waals surface area contributed by atoms with Gasteiger partial charge in [-0.15, -0.1) is 51.3 Å². The molecule has 0 saturated heterocycles. The van der Waals surface area contributed by atoms with Crippen molar-refractivity contribution in [3.05, 3.63) is 79.4 Å². The second-order valence-corrected chi connectivity index (χ2v) is 6.82. The Morgan fingerprint density at radius 1 is 0.955 bits per heavy atom. The van der Waals surface area contributed by atoms with Gasteiger partial charge in [0.2, 0.25) is 0 Å². The molecule has 0 aliphatic carbocycles. The van der Waals surface area contributed by atoms with Crippen molar-refractivity contribution in [3.8, 4) is 5.69 Å². The van der Waals surface area contributed by atoms with Crippen molar-refractivity contribution in [1.29, 1.82) is 0 Å². The van der Waals surface area contributed by atoms with E-state index in [4.69, 9.17) is 18.6 Å². The van der Waals surface area contributed by atoms with E-state index >= 15 is 0 Å². The molecule has 6 heteroatoms. The number of hydrogen-bond acceptors (Lipinski definition) is 2. The van der Waals surface area contributed by atoms with Crippen molar-refractivity contribution in [2.24, 2.45) is 0 Å². The summed E-state index contributed by atoms with van der Waals surface area (Å²) in [6.07, 6.45) is 3.41. The third-order valence-electron chi connectivity index (χ3n) is 2.88. The van der Waals surface area contributed by atoms with E-state index in [1.807, 2.05) is 47.0 Å². The Morgan fingerprint density at radius 3 is 2.14 bits per heavy atom. The summed E-state index contributed by atoms with van der Waals surface area (Å²) in [6, 6.07) is 22.5. The fourth-order valence-electron chi connectivity index (χ4n) is 1.94. The van der Waals surface area contributed by atoms with Gasteiger partial charge in [0.25, 0.3) is 0 Å². The summed E-state index contributed by atoms with van der Waals surface area (Å²) in [4.78, 5) is 0. The van der Waals surface area contributed by atoms with Gasteiger partial charge in [-0.3, -0.25) is 0 Å². The van der Waals surface area contributed by atoms with Gasteiger partial charge in [0, 0.05) is 0 Å². The van der Waals surface area contributed by atoms with Gasteiger partial charge < -0.3 is 4.57 Å². The molecule has 0 bridgehead atoms. The molecule has 0 N–H and O–H groups in total. The number of nitrogens with zero attached hydrogens (tertiary/aromatic N) is 3. The van der Waals surface area contributed by atoms with Crippen molar-refractivity contribution in [2.75, 3.05) is 0 Å². The van der Waals surface area contributed by atoms with Crippen LogP contribution in [0.5, 0.6) is 0 Å². The first kappa shape index (κ1) is 17.0. The van der Waals surface area contributed by atoms with Crippen LogP contribution in [0.1, 0.15) is 0 Å². The Hall–Kier alpha value is -1.39. The second kappa shape index (κ2) is 9.59. The summed E-state index contributed by atoms with van der Waals surface area (Å²) in [5.74, 6) is 0. The molecule has 0 amide bonds. The van der Waals surface area contributed by atoms with Gasteiger partial charge in [0.05, 0.1) is 0 Å². The van der Waals surface area contributed by atoms with Crippen LogP contribution < -0.4 is 0 Å². The molecule has 1 aromatic heterocycles. The first-order chi connectivity index (χ1) is 10.8. The average Bonchev–Trinajstić information content (AvgIpc) is 3.29. The minimum Gasteiger partial charge on any atom is -0.307 e. The molecule has 3 aromatic carbocycles. The number of halogens is 2. The number of fused-ring (bicyclic) bond motifs is 1. The molecule has 0 saturated carbocycles. The smallest absolute Gasteiger partial charge is 0.122 e. The molecule has 0 aliphatic heterocycles. The Kier molecular flexibility index (Phi) is 7.40. The second-order valence-electron chi connectivity index (χ2n) is 4.25. The van der Waals surface area contributed by atoms with Crippen molar-refractivity contribution < 1.29 is 17.0 Å². The van der Waals surface area contributed by atoms with Gasteiger partial charge in [0.1, 0.15) is 12.7 Å². The maximum Gasteiger partial charge on any atom is 0.122 e.